The van der Waals surface area contributed by atoms with Gasteiger partial charge in [0, 0.05) is 6.04 Å². The van der Waals surface area contributed by atoms with Crippen molar-refractivity contribution in [1.82, 2.24) is 4.98 Å². The Balaban J connectivity index is 2.02. The van der Waals surface area contributed by atoms with E-state index in [9.17, 15) is 0 Å². The van der Waals surface area contributed by atoms with E-state index in [4.69, 9.17) is 5.73 Å². The van der Waals surface area contributed by atoms with Crippen molar-refractivity contribution in [3.63, 3.8) is 0 Å². The van der Waals surface area contributed by atoms with Gasteiger partial charge < -0.3 is 11.1 Å². The maximum absolute atomic E-state index is 5.64. The van der Waals surface area contributed by atoms with Crippen LogP contribution >= 0.6 is 0 Å². The summed E-state index contributed by atoms with van der Waals surface area (Å²) in [6.45, 7) is 4.31. The molecular weight excluding hydrogens is 174 g/mol. The molecule has 0 unspecified atom stereocenters. The van der Waals surface area contributed by atoms with Gasteiger partial charge in [0.2, 0.25) is 0 Å². The first kappa shape index (κ1) is 9.31. The quantitative estimate of drug-likeness (QED) is 0.753. The van der Waals surface area contributed by atoms with Crippen molar-refractivity contribution in [2.75, 3.05) is 11.1 Å². The third-order valence-corrected chi connectivity index (χ3v) is 2.81. The summed E-state index contributed by atoms with van der Waals surface area (Å²) in [5, 5.41) is 3.44. The fourth-order valence-electron chi connectivity index (χ4n) is 1.96. The maximum atomic E-state index is 5.64. The van der Waals surface area contributed by atoms with Gasteiger partial charge >= 0.3 is 0 Å². The first-order valence-corrected chi connectivity index (χ1v) is 5.14. The van der Waals surface area contributed by atoms with Crippen LogP contribution in [0.15, 0.2) is 12.3 Å². The SMILES string of the molecule is Cc1cc(N)cnc1NC1CC(C)C1. The average Bonchev–Trinajstić information content (AvgIpc) is 2.06. The third-order valence-electron chi connectivity index (χ3n) is 2.81. The lowest BCUT2D eigenvalue weighted by Crippen LogP contribution is -2.34. The van der Waals surface area contributed by atoms with Crippen LogP contribution in [0.25, 0.3) is 0 Å². The van der Waals surface area contributed by atoms with Crippen LogP contribution in [0.2, 0.25) is 0 Å². The fraction of sp³-hybridized carbons (Fsp3) is 0.545. The van der Waals surface area contributed by atoms with Crippen LogP contribution in [0.1, 0.15) is 25.3 Å². The summed E-state index contributed by atoms with van der Waals surface area (Å²) >= 11 is 0. The molecule has 3 nitrogen and oxygen atoms in total. The number of aromatic nitrogens is 1. The second-order valence-corrected chi connectivity index (χ2v) is 4.35. The molecule has 1 fully saturated rings. The average molecular weight is 191 g/mol. The van der Waals surface area contributed by atoms with Crippen molar-refractivity contribution in [3.8, 4) is 0 Å². The highest BCUT2D eigenvalue weighted by Crippen LogP contribution is 2.29. The molecule has 0 radical (unpaired) electrons. The number of rotatable bonds is 2. The van der Waals surface area contributed by atoms with Crippen molar-refractivity contribution >= 4 is 11.5 Å². The monoisotopic (exact) mass is 191 g/mol. The molecule has 0 aromatic carbocycles. The summed E-state index contributed by atoms with van der Waals surface area (Å²) < 4.78 is 0. The highest BCUT2D eigenvalue weighted by atomic mass is 15.0. The predicted octanol–water partition coefficient (Wildman–Crippen LogP) is 2.18. The molecule has 1 aromatic rings. The first-order valence-electron chi connectivity index (χ1n) is 5.14. The van der Waals surface area contributed by atoms with Gasteiger partial charge in [-0.2, -0.15) is 0 Å². The zero-order chi connectivity index (χ0) is 10.1. The summed E-state index contributed by atoms with van der Waals surface area (Å²) in [5.41, 5.74) is 7.50. The largest absolute Gasteiger partial charge is 0.397 e. The summed E-state index contributed by atoms with van der Waals surface area (Å²) in [6, 6.07) is 2.57. The van der Waals surface area contributed by atoms with E-state index < -0.39 is 0 Å². The lowest BCUT2D eigenvalue weighted by atomic mass is 9.82. The number of nitrogens with zero attached hydrogens (tertiary/aromatic N) is 1. The standard InChI is InChI=1S/C11H17N3/c1-7-3-10(4-7)14-11-8(2)5-9(12)6-13-11/h5-7,10H,3-4,12H2,1-2H3,(H,13,14). The Morgan fingerprint density at radius 1 is 1.50 bits per heavy atom. The van der Waals surface area contributed by atoms with E-state index in [1.807, 2.05) is 13.0 Å². The topological polar surface area (TPSA) is 50.9 Å². The van der Waals surface area contributed by atoms with Crippen LogP contribution in [-0.2, 0) is 0 Å². The molecule has 3 heteroatoms. The highest BCUT2D eigenvalue weighted by Gasteiger charge is 2.25. The molecule has 2 rings (SSSR count). The van der Waals surface area contributed by atoms with Crippen LogP contribution < -0.4 is 11.1 Å². The van der Waals surface area contributed by atoms with Crippen molar-refractivity contribution in [2.24, 2.45) is 5.92 Å². The number of hydrogen-bond acceptors (Lipinski definition) is 3. The number of nitrogen functional groups attached to an aromatic ring is 1. The van der Waals surface area contributed by atoms with E-state index in [0.717, 1.165) is 23.0 Å². The molecule has 0 aliphatic heterocycles. The molecule has 1 aromatic heterocycles. The number of nitrogens with one attached hydrogen (secondary N) is 1. The van der Waals surface area contributed by atoms with E-state index in [2.05, 4.69) is 17.2 Å². The van der Waals surface area contributed by atoms with Crippen molar-refractivity contribution in [1.29, 1.82) is 0 Å². The minimum absolute atomic E-state index is 0.611. The van der Waals surface area contributed by atoms with E-state index >= 15 is 0 Å². The molecule has 1 aliphatic rings. The third kappa shape index (κ3) is 1.81. The molecular formula is C11H17N3. The maximum Gasteiger partial charge on any atom is 0.129 e. The number of aryl methyl sites for hydroxylation is 1. The zero-order valence-electron chi connectivity index (χ0n) is 8.75. The highest BCUT2D eigenvalue weighted by molar-refractivity contribution is 5.51. The summed E-state index contributed by atoms with van der Waals surface area (Å²) in [7, 11) is 0. The van der Waals surface area contributed by atoms with Gasteiger partial charge in [0.1, 0.15) is 5.82 Å². The van der Waals surface area contributed by atoms with Gasteiger partial charge in [0.25, 0.3) is 0 Å². The molecule has 0 atom stereocenters. The van der Waals surface area contributed by atoms with Gasteiger partial charge in [0.05, 0.1) is 11.9 Å². The second kappa shape index (κ2) is 3.48. The van der Waals surface area contributed by atoms with Crippen LogP contribution in [0.4, 0.5) is 11.5 Å². The molecule has 0 saturated heterocycles. The van der Waals surface area contributed by atoms with E-state index in [1.54, 1.807) is 6.20 Å². The van der Waals surface area contributed by atoms with E-state index in [0.29, 0.717) is 6.04 Å². The number of nitrogens with two attached hydrogens (primary N) is 1. The minimum Gasteiger partial charge on any atom is -0.397 e. The minimum atomic E-state index is 0.611. The van der Waals surface area contributed by atoms with Crippen LogP contribution in [0.3, 0.4) is 0 Å². The van der Waals surface area contributed by atoms with Gasteiger partial charge in [-0.1, -0.05) is 6.92 Å². The Bertz CT molecular complexity index is 329. The molecule has 3 N–H and O–H groups in total. The Morgan fingerprint density at radius 2 is 2.21 bits per heavy atom. The van der Waals surface area contributed by atoms with Gasteiger partial charge in [-0.05, 0) is 37.3 Å². The zero-order valence-corrected chi connectivity index (χ0v) is 8.75. The summed E-state index contributed by atoms with van der Waals surface area (Å²) in [4.78, 5) is 4.29. The van der Waals surface area contributed by atoms with Crippen molar-refractivity contribution in [2.45, 2.75) is 32.7 Å². The Labute approximate surface area is 84.7 Å². The molecule has 14 heavy (non-hydrogen) atoms. The molecule has 0 bridgehead atoms. The molecule has 1 heterocycles. The van der Waals surface area contributed by atoms with E-state index in [1.165, 1.54) is 12.8 Å². The van der Waals surface area contributed by atoms with E-state index in [-0.39, 0.29) is 0 Å². The van der Waals surface area contributed by atoms with Gasteiger partial charge in [0.15, 0.2) is 0 Å². The fourth-order valence-corrected chi connectivity index (χ4v) is 1.96. The molecule has 0 amide bonds. The molecule has 76 valence electrons. The normalized spacial score (nSPS) is 25.6. The summed E-state index contributed by atoms with van der Waals surface area (Å²) in [6.07, 6.45) is 4.22. The number of anilines is 2. The number of pyridine rings is 1. The first-order chi connectivity index (χ1) is 6.65. The van der Waals surface area contributed by atoms with Crippen molar-refractivity contribution in [3.05, 3.63) is 17.8 Å². The molecule has 0 spiro atoms. The second-order valence-electron chi connectivity index (χ2n) is 4.35. The van der Waals surface area contributed by atoms with Crippen LogP contribution in [-0.4, -0.2) is 11.0 Å². The smallest absolute Gasteiger partial charge is 0.129 e. The molecule has 1 aliphatic carbocycles. The Kier molecular flexibility index (Phi) is 2.32. The Morgan fingerprint density at radius 3 is 2.79 bits per heavy atom. The van der Waals surface area contributed by atoms with Gasteiger partial charge in [-0.3, -0.25) is 0 Å². The summed E-state index contributed by atoms with van der Waals surface area (Å²) in [5.74, 6) is 1.85. The number of hydrogen-bond donors (Lipinski definition) is 2. The van der Waals surface area contributed by atoms with Gasteiger partial charge in [-0.25, -0.2) is 4.98 Å². The molecule has 1 saturated carbocycles. The lowest BCUT2D eigenvalue weighted by Gasteiger charge is -2.34. The van der Waals surface area contributed by atoms with Gasteiger partial charge in [-0.15, -0.1) is 0 Å². The predicted molar refractivity (Wildman–Crippen MR) is 59.2 cm³/mol. The Hall–Kier alpha value is -1.25. The van der Waals surface area contributed by atoms with Crippen molar-refractivity contribution < 1.29 is 0 Å². The lowest BCUT2D eigenvalue weighted by molar-refractivity contribution is 0.308. The van der Waals surface area contributed by atoms with Crippen LogP contribution in [0, 0.1) is 12.8 Å². The van der Waals surface area contributed by atoms with Crippen LogP contribution in [0.5, 0.6) is 0 Å².